The summed E-state index contributed by atoms with van der Waals surface area (Å²) in [6.07, 6.45) is 1.25. The summed E-state index contributed by atoms with van der Waals surface area (Å²) in [6.45, 7) is 1.73. The number of rotatable bonds is 9. The van der Waals surface area contributed by atoms with Crippen LogP contribution in [0.3, 0.4) is 0 Å². The topological polar surface area (TPSA) is 112 Å². The van der Waals surface area contributed by atoms with Gasteiger partial charge in [0.2, 0.25) is 0 Å². The Kier molecular flexibility index (Phi) is 7.42. The van der Waals surface area contributed by atoms with E-state index in [4.69, 9.17) is 10.5 Å². The van der Waals surface area contributed by atoms with E-state index in [0.717, 1.165) is 0 Å². The van der Waals surface area contributed by atoms with Gasteiger partial charge in [0, 0.05) is 34.8 Å². The Bertz CT molecular complexity index is 1850. The summed E-state index contributed by atoms with van der Waals surface area (Å²) in [5, 5.41) is 9.80. The molecule has 0 saturated heterocycles. The number of aromatic nitrogens is 1. The van der Waals surface area contributed by atoms with E-state index in [-0.39, 0.29) is 30.0 Å². The van der Waals surface area contributed by atoms with Crippen molar-refractivity contribution in [3.8, 4) is 16.9 Å². The van der Waals surface area contributed by atoms with E-state index >= 15 is 4.39 Å². The Morgan fingerprint density at radius 2 is 1.68 bits per heavy atom. The molecule has 1 heterocycles. The lowest BCUT2D eigenvalue weighted by molar-refractivity contribution is -0.136. The number of nitrogens with two attached hydrogens (primary N) is 1. The number of hydrogen-bond donors (Lipinski definition) is 2. The zero-order chi connectivity index (χ0) is 28.4. The second-order valence-corrected chi connectivity index (χ2v) is 11.2. The van der Waals surface area contributed by atoms with Crippen LogP contribution in [0.15, 0.2) is 96.0 Å². The van der Waals surface area contributed by atoms with Crippen molar-refractivity contribution >= 4 is 26.9 Å². The molecule has 0 aliphatic carbocycles. The first-order chi connectivity index (χ1) is 19.2. The van der Waals surface area contributed by atoms with E-state index in [1.54, 1.807) is 91.9 Å². The third kappa shape index (κ3) is 5.09. The number of carboxylic acids is 1. The molecule has 0 spiro atoms. The molecule has 0 aliphatic heterocycles. The van der Waals surface area contributed by atoms with Crippen LogP contribution in [0.4, 0.5) is 4.39 Å². The summed E-state index contributed by atoms with van der Waals surface area (Å²) in [5.41, 5.74) is 8.89. The highest BCUT2D eigenvalue weighted by molar-refractivity contribution is 7.90. The molecule has 1 aromatic heterocycles. The number of para-hydroxylation sites is 1. The maximum atomic E-state index is 15.5. The van der Waals surface area contributed by atoms with Crippen molar-refractivity contribution in [3.63, 3.8) is 0 Å². The second-order valence-electron chi connectivity index (χ2n) is 9.41. The highest BCUT2D eigenvalue weighted by atomic mass is 32.2. The number of hydrogen-bond acceptors (Lipinski definition) is 5. The van der Waals surface area contributed by atoms with Crippen molar-refractivity contribution in [2.24, 2.45) is 5.73 Å². The van der Waals surface area contributed by atoms with Gasteiger partial charge in [0.25, 0.3) is 10.0 Å². The normalized spacial score (nSPS) is 11.6. The fourth-order valence-electron chi connectivity index (χ4n) is 4.80. The zero-order valence-electron chi connectivity index (χ0n) is 21.7. The summed E-state index contributed by atoms with van der Waals surface area (Å²) >= 11 is 0. The molecule has 204 valence electrons. The van der Waals surface area contributed by atoms with Crippen molar-refractivity contribution in [2.75, 3.05) is 0 Å². The standard InChI is InChI=1S/C31H27FN2O5S/c1-20-7-2-5-12-29(20)40(37,38)34-14-13-24-26(25-10-6-9-23(18-33)31(25)32)15-21(16-27(24)34)19-39-28-11-4-3-8-22(28)17-30(35)36/h2-16H,17-19,33H2,1H3,(H,35,36). The Morgan fingerprint density at radius 1 is 0.950 bits per heavy atom. The number of aryl methyl sites for hydroxylation is 1. The number of nitrogens with zero attached hydrogens (tertiary/aromatic N) is 1. The minimum absolute atomic E-state index is 0.00658. The highest BCUT2D eigenvalue weighted by Crippen LogP contribution is 2.36. The SMILES string of the molecule is Cc1ccccc1S(=O)(=O)n1ccc2c(-c3cccc(CN)c3F)cc(COc3ccccc3CC(=O)O)cc21. The molecule has 0 bridgehead atoms. The fourth-order valence-corrected chi connectivity index (χ4v) is 6.37. The van der Waals surface area contributed by atoms with Crippen LogP contribution in [0.5, 0.6) is 5.75 Å². The van der Waals surface area contributed by atoms with Crippen LogP contribution >= 0.6 is 0 Å². The molecule has 0 unspecified atom stereocenters. The fraction of sp³-hybridized carbons (Fsp3) is 0.129. The summed E-state index contributed by atoms with van der Waals surface area (Å²) < 4.78 is 50.3. The van der Waals surface area contributed by atoms with E-state index < -0.39 is 21.8 Å². The van der Waals surface area contributed by atoms with Crippen LogP contribution in [-0.4, -0.2) is 23.5 Å². The minimum atomic E-state index is -3.98. The van der Waals surface area contributed by atoms with Crippen molar-refractivity contribution < 1.29 is 27.4 Å². The summed E-state index contributed by atoms with van der Waals surface area (Å²) in [6, 6.07) is 23.6. The van der Waals surface area contributed by atoms with E-state index in [1.165, 1.54) is 10.2 Å². The second kappa shape index (κ2) is 11.0. The van der Waals surface area contributed by atoms with Gasteiger partial charge in [0.1, 0.15) is 18.2 Å². The van der Waals surface area contributed by atoms with Crippen LogP contribution in [-0.2, 0) is 34.4 Å². The third-order valence-electron chi connectivity index (χ3n) is 6.76. The quantitative estimate of drug-likeness (QED) is 0.242. The van der Waals surface area contributed by atoms with Gasteiger partial charge < -0.3 is 15.6 Å². The maximum absolute atomic E-state index is 15.5. The Hall–Kier alpha value is -4.47. The molecule has 7 nitrogen and oxygen atoms in total. The Morgan fingerprint density at radius 3 is 2.42 bits per heavy atom. The zero-order valence-corrected chi connectivity index (χ0v) is 22.5. The number of fused-ring (bicyclic) bond motifs is 1. The first kappa shape index (κ1) is 27.1. The van der Waals surface area contributed by atoms with E-state index in [9.17, 15) is 18.3 Å². The molecular formula is C31H27FN2O5S. The molecule has 0 amide bonds. The van der Waals surface area contributed by atoms with Gasteiger partial charge in [-0.1, -0.05) is 54.6 Å². The van der Waals surface area contributed by atoms with Crippen molar-refractivity contribution in [3.05, 3.63) is 119 Å². The molecule has 0 radical (unpaired) electrons. The average Bonchev–Trinajstić information content (AvgIpc) is 3.37. The average molecular weight is 559 g/mol. The molecule has 3 N–H and O–H groups in total. The molecular weight excluding hydrogens is 531 g/mol. The van der Waals surface area contributed by atoms with Crippen LogP contribution in [0.2, 0.25) is 0 Å². The first-order valence-electron chi connectivity index (χ1n) is 12.6. The lowest BCUT2D eigenvalue weighted by atomic mass is 9.97. The van der Waals surface area contributed by atoms with Gasteiger partial charge in [-0.25, -0.2) is 16.8 Å². The molecule has 40 heavy (non-hydrogen) atoms. The molecule has 5 aromatic rings. The largest absolute Gasteiger partial charge is 0.489 e. The number of carbonyl (C=O) groups is 1. The van der Waals surface area contributed by atoms with Crippen molar-refractivity contribution in [1.29, 1.82) is 0 Å². The van der Waals surface area contributed by atoms with Crippen molar-refractivity contribution in [1.82, 2.24) is 3.97 Å². The van der Waals surface area contributed by atoms with Crippen LogP contribution in [0.25, 0.3) is 22.0 Å². The Balaban J connectivity index is 1.67. The minimum Gasteiger partial charge on any atom is -0.489 e. The van der Waals surface area contributed by atoms with Crippen LogP contribution < -0.4 is 10.5 Å². The van der Waals surface area contributed by atoms with E-state index in [2.05, 4.69) is 0 Å². The number of benzene rings is 4. The molecule has 0 atom stereocenters. The maximum Gasteiger partial charge on any atom is 0.307 e. The summed E-state index contributed by atoms with van der Waals surface area (Å²) in [7, 11) is -3.98. The van der Waals surface area contributed by atoms with Gasteiger partial charge in [-0.05, 0) is 53.9 Å². The van der Waals surface area contributed by atoms with Gasteiger partial charge in [-0.2, -0.15) is 0 Å². The predicted octanol–water partition coefficient (Wildman–Crippen LogP) is 5.66. The van der Waals surface area contributed by atoms with Crippen LogP contribution in [0.1, 0.15) is 22.3 Å². The molecule has 9 heteroatoms. The lowest BCUT2D eigenvalue weighted by Crippen LogP contribution is -2.13. The number of carboxylic acid groups (broad SMARTS) is 1. The van der Waals surface area contributed by atoms with Gasteiger partial charge >= 0.3 is 5.97 Å². The van der Waals surface area contributed by atoms with Crippen LogP contribution in [0, 0.1) is 12.7 Å². The molecule has 5 rings (SSSR count). The summed E-state index contributed by atoms with van der Waals surface area (Å²) in [5.74, 6) is -1.08. The molecule has 4 aromatic carbocycles. The monoisotopic (exact) mass is 558 g/mol. The summed E-state index contributed by atoms with van der Waals surface area (Å²) in [4.78, 5) is 11.5. The third-order valence-corrected chi connectivity index (χ3v) is 8.61. The lowest BCUT2D eigenvalue weighted by Gasteiger charge is -2.15. The van der Waals surface area contributed by atoms with Gasteiger partial charge in [-0.15, -0.1) is 0 Å². The number of aliphatic carboxylic acids is 1. The van der Waals surface area contributed by atoms with E-state index in [0.29, 0.717) is 44.5 Å². The Labute approximate surface area is 231 Å². The van der Waals surface area contributed by atoms with E-state index in [1.807, 2.05) is 0 Å². The first-order valence-corrected chi connectivity index (χ1v) is 14.0. The molecule has 0 fully saturated rings. The molecule has 0 saturated carbocycles. The molecule has 0 aliphatic rings. The van der Waals surface area contributed by atoms with Gasteiger partial charge in [-0.3, -0.25) is 4.79 Å². The van der Waals surface area contributed by atoms with Crippen molar-refractivity contribution in [2.45, 2.75) is 31.4 Å². The van der Waals surface area contributed by atoms with Gasteiger partial charge in [0.15, 0.2) is 0 Å². The van der Waals surface area contributed by atoms with Gasteiger partial charge in [0.05, 0.1) is 16.8 Å². The highest BCUT2D eigenvalue weighted by Gasteiger charge is 2.23. The number of ether oxygens (including phenoxy) is 1. The smallest absolute Gasteiger partial charge is 0.307 e. The number of halogens is 1. The predicted molar refractivity (Wildman–Crippen MR) is 151 cm³/mol.